The summed E-state index contributed by atoms with van der Waals surface area (Å²) >= 11 is 0. The lowest BCUT2D eigenvalue weighted by Gasteiger charge is -2.23. The minimum absolute atomic E-state index is 0.840. The van der Waals surface area contributed by atoms with E-state index in [1.807, 2.05) is 12.4 Å². The SMILES string of the molecule is c1cc2nc(c1)CNCCN(CCNCCCNCc1ccncc1)CCNC2. The Hall–Kier alpha value is -1.90. The molecule has 0 aromatic carbocycles. The summed E-state index contributed by atoms with van der Waals surface area (Å²) in [7, 11) is 0. The van der Waals surface area contributed by atoms with Crippen LogP contribution in [-0.2, 0) is 19.6 Å². The summed E-state index contributed by atoms with van der Waals surface area (Å²) < 4.78 is 0. The Balaban J connectivity index is 1.25. The first-order chi connectivity index (χ1) is 14.4. The van der Waals surface area contributed by atoms with Crippen molar-refractivity contribution in [2.24, 2.45) is 0 Å². The number of hydrogen-bond donors (Lipinski definition) is 4. The third-order valence-electron chi connectivity index (χ3n) is 5.08. The quantitative estimate of drug-likeness (QED) is 0.465. The average molecular weight is 398 g/mol. The maximum atomic E-state index is 4.68. The van der Waals surface area contributed by atoms with Gasteiger partial charge in [0.15, 0.2) is 0 Å². The summed E-state index contributed by atoms with van der Waals surface area (Å²) in [6, 6.07) is 10.4. The predicted molar refractivity (Wildman–Crippen MR) is 118 cm³/mol. The summed E-state index contributed by atoms with van der Waals surface area (Å²) in [6.07, 6.45) is 4.82. The highest BCUT2D eigenvalue weighted by Gasteiger charge is 2.06. The van der Waals surface area contributed by atoms with Crippen molar-refractivity contribution in [3.63, 3.8) is 0 Å². The maximum absolute atomic E-state index is 4.68. The van der Waals surface area contributed by atoms with Crippen molar-refractivity contribution in [1.82, 2.24) is 36.1 Å². The molecule has 4 N–H and O–H groups in total. The van der Waals surface area contributed by atoms with E-state index in [2.05, 4.69) is 66.5 Å². The second-order valence-electron chi connectivity index (χ2n) is 7.45. The van der Waals surface area contributed by atoms with Crippen LogP contribution in [0.25, 0.3) is 0 Å². The van der Waals surface area contributed by atoms with Crippen LogP contribution >= 0.6 is 0 Å². The number of hydrogen-bond acceptors (Lipinski definition) is 7. The molecule has 2 aromatic heterocycles. The molecule has 0 spiro atoms. The number of rotatable bonds is 9. The second kappa shape index (κ2) is 13.3. The van der Waals surface area contributed by atoms with Crippen molar-refractivity contribution >= 4 is 0 Å². The van der Waals surface area contributed by atoms with Gasteiger partial charge in [0.25, 0.3) is 0 Å². The number of nitrogens with zero attached hydrogens (tertiary/aromatic N) is 3. The molecule has 3 rings (SSSR count). The standard InChI is InChI=1S/C22H35N7/c1-3-21-18-26-12-15-29(16-13-27-19-22(4-1)28-21)14-11-23-7-2-8-25-17-20-5-9-24-10-6-20/h1,3-6,9-10,23,25-27H,2,7-8,11-19H2. The first-order valence-corrected chi connectivity index (χ1v) is 10.8. The van der Waals surface area contributed by atoms with Gasteiger partial charge in [0.05, 0.1) is 11.4 Å². The van der Waals surface area contributed by atoms with Crippen molar-refractivity contribution in [3.8, 4) is 0 Å². The van der Waals surface area contributed by atoms with Crippen LogP contribution in [0.3, 0.4) is 0 Å². The fraction of sp³-hybridized carbons (Fsp3) is 0.545. The highest BCUT2D eigenvalue weighted by molar-refractivity contribution is 5.11. The normalized spacial score (nSPS) is 16.1. The van der Waals surface area contributed by atoms with E-state index in [0.29, 0.717) is 0 Å². The van der Waals surface area contributed by atoms with Crippen molar-refractivity contribution in [3.05, 3.63) is 59.7 Å². The topological polar surface area (TPSA) is 77.1 Å². The molecule has 1 aliphatic rings. The van der Waals surface area contributed by atoms with E-state index >= 15 is 0 Å². The van der Waals surface area contributed by atoms with Gasteiger partial charge in [0.2, 0.25) is 0 Å². The maximum Gasteiger partial charge on any atom is 0.0545 e. The molecule has 2 aromatic rings. The first-order valence-electron chi connectivity index (χ1n) is 10.8. The number of aromatic nitrogens is 2. The van der Waals surface area contributed by atoms with Crippen molar-refractivity contribution in [2.45, 2.75) is 26.1 Å². The minimum atomic E-state index is 0.840. The van der Waals surface area contributed by atoms with Gasteiger partial charge < -0.3 is 21.3 Å². The summed E-state index contributed by atoms with van der Waals surface area (Å²) in [5, 5.41) is 14.1. The summed E-state index contributed by atoms with van der Waals surface area (Å²) in [6.45, 7) is 10.9. The van der Waals surface area contributed by atoms with Gasteiger partial charge in [-0.2, -0.15) is 0 Å². The molecule has 0 aliphatic carbocycles. The largest absolute Gasteiger partial charge is 0.315 e. The van der Waals surface area contributed by atoms with Gasteiger partial charge in [0, 0.05) is 71.3 Å². The van der Waals surface area contributed by atoms with Gasteiger partial charge >= 0.3 is 0 Å². The van der Waals surface area contributed by atoms with Crippen LogP contribution < -0.4 is 21.3 Å². The number of pyridine rings is 2. The van der Waals surface area contributed by atoms with Crippen LogP contribution in [0.2, 0.25) is 0 Å². The molecule has 0 saturated heterocycles. The van der Waals surface area contributed by atoms with Crippen LogP contribution in [0.15, 0.2) is 42.7 Å². The van der Waals surface area contributed by atoms with Crippen molar-refractivity contribution < 1.29 is 0 Å². The first kappa shape index (κ1) is 21.8. The number of nitrogens with one attached hydrogen (secondary N) is 4. The van der Waals surface area contributed by atoms with Crippen LogP contribution in [0.1, 0.15) is 23.4 Å². The Bertz CT molecular complexity index is 653. The van der Waals surface area contributed by atoms with E-state index < -0.39 is 0 Å². The molecule has 0 atom stereocenters. The zero-order valence-electron chi connectivity index (χ0n) is 17.4. The highest BCUT2D eigenvalue weighted by atomic mass is 15.2. The zero-order chi connectivity index (χ0) is 20.0. The van der Waals surface area contributed by atoms with Crippen LogP contribution in [0, 0.1) is 0 Å². The molecular formula is C22H35N7. The van der Waals surface area contributed by atoms with Crippen LogP contribution in [-0.4, -0.2) is 67.2 Å². The Labute approximate surface area is 174 Å². The van der Waals surface area contributed by atoms with E-state index in [4.69, 9.17) is 0 Å². The molecule has 0 fully saturated rings. The highest BCUT2D eigenvalue weighted by Crippen LogP contribution is 2.00. The molecule has 0 unspecified atom stereocenters. The zero-order valence-corrected chi connectivity index (χ0v) is 17.4. The van der Waals surface area contributed by atoms with E-state index in [-0.39, 0.29) is 0 Å². The van der Waals surface area contributed by atoms with Gasteiger partial charge in [-0.15, -0.1) is 0 Å². The molecule has 29 heavy (non-hydrogen) atoms. The molecule has 0 amide bonds. The average Bonchev–Trinajstić information content (AvgIpc) is 2.75. The number of fused-ring (bicyclic) bond motifs is 2. The van der Waals surface area contributed by atoms with Gasteiger partial charge in [-0.25, -0.2) is 0 Å². The van der Waals surface area contributed by atoms with Gasteiger partial charge in [-0.05, 0) is 49.3 Å². The van der Waals surface area contributed by atoms with Gasteiger partial charge in [-0.1, -0.05) is 6.07 Å². The van der Waals surface area contributed by atoms with Crippen LogP contribution in [0.5, 0.6) is 0 Å². The fourth-order valence-electron chi connectivity index (χ4n) is 3.40. The Kier molecular flexibility index (Phi) is 10.0. The lowest BCUT2D eigenvalue weighted by Crippen LogP contribution is -2.41. The minimum Gasteiger partial charge on any atom is -0.315 e. The Morgan fingerprint density at radius 3 is 2.28 bits per heavy atom. The summed E-state index contributed by atoms with van der Waals surface area (Å²) in [5.41, 5.74) is 3.53. The van der Waals surface area contributed by atoms with Crippen molar-refractivity contribution in [1.29, 1.82) is 0 Å². The van der Waals surface area contributed by atoms with E-state index in [0.717, 1.165) is 89.8 Å². The molecule has 7 heteroatoms. The third-order valence-corrected chi connectivity index (χ3v) is 5.08. The van der Waals surface area contributed by atoms with Crippen LogP contribution in [0.4, 0.5) is 0 Å². The molecular weight excluding hydrogens is 362 g/mol. The molecule has 1 aliphatic heterocycles. The summed E-state index contributed by atoms with van der Waals surface area (Å²) in [4.78, 5) is 11.2. The molecule has 3 heterocycles. The molecule has 7 nitrogen and oxygen atoms in total. The lowest BCUT2D eigenvalue weighted by atomic mass is 10.2. The van der Waals surface area contributed by atoms with E-state index in [9.17, 15) is 0 Å². The Morgan fingerprint density at radius 2 is 1.55 bits per heavy atom. The molecule has 2 bridgehead atoms. The molecule has 158 valence electrons. The smallest absolute Gasteiger partial charge is 0.0545 e. The second-order valence-corrected chi connectivity index (χ2v) is 7.45. The van der Waals surface area contributed by atoms with Gasteiger partial charge in [0.1, 0.15) is 0 Å². The molecule has 0 radical (unpaired) electrons. The Morgan fingerprint density at radius 1 is 0.862 bits per heavy atom. The fourth-order valence-corrected chi connectivity index (χ4v) is 3.40. The van der Waals surface area contributed by atoms with E-state index in [1.165, 1.54) is 5.56 Å². The predicted octanol–water partition coefficient (Wildman–Crippen LogP) is 0.741. The monoisotopic (exact) mass is 397 g/mol. The summed E-state index contributed by atoms with van der Waals surface area (Å²) in [5.74, 6) is 0. The van der Waals surface area contributed by atoms with Crippen molar-refractivity contribution in [2.75, 3.05) is 52.4 Å². The lowest BCUT2D eigenvalue weighted by molar-refractivity contribution is 0.270. The third kappa shape index (κ3) is 8.97. The van der Waals surface area contributed by atoms with E-state index in [1.54, 1.807) is 0 Å². The molecule has 0 saturated carbocycles. The van der Waals surface area contributed by atoms with Gasteiger partial charge in [-0.3, -0.25) is 14.9 Å².